The molecule has 0 aromatic heterocycles. The largest absolute Gasteiger partial charge is 0.367 e. The number of rotatable bonds is 5. The molecule has 0 radical (unpaired) electrons. The number of benzene rings is 1. The third-order valence-electron chi connectivity index (χ3n) is 4.07. The van der Waals surface area contributed by atoms with Gasteiger partial charge in [0.15, 0.2) is 0 Å². The Kier molecular flexibility index (Phi) is 4.81. The zero-order valence-electron chi connectivity index (χ0n) is 11.8. The Labute approximate surface area is 116 Å². The Morgan fingerprint density at radius 1 is 1.26 bits per heavy atom. The lowest BCUT2D eigenvalue weighted by Gasteiger charge is -2.36. The molecule has 1 heterocycles. The van der Waals surface area contributed by atoms with Crippen LogP contribution in [0, 0.1) is 11.3 Å². The number of hydrogen-bond acceptors (Lipinski definition) is 2. The summed E-state index contributed by atoms with van der Waals surface area (Å²) in [6, 6.07) is 12.6. The molecular weight excluding hydrogens is 234 g/mol. The van der Waals surface area contributed by atoms with E-state index in [4.69, 9.17) is 0 Å². The predicted molar refractivity (Wildman–Crippen MR) is 78.1 cm³/mol. The Balaban J connectivity index is 1.93. The van der Waals surface area contributed by atoms with Gasteiger partial charge in [-0.15, -0.1) is 0 Å². The van der Waals surface area contributed by atoms with E-state index in [2.05, 4.69) is 18.3 Å². The normalized spacial score (nSPS) is 26.6. The molecule has 102 valence electrons. The molecule has 2 N–H and O–H groups in total. The summed E-state index contributed by atoms with van der Waals surface area (Å²) < 4.78 is 0. The zero-order chi connectivity index (χ0) is 13.6. The van der Waals surface area contributed by atoms with Gasteiger partial charge in [0, 0.05) is 18.5 Å². The molecule has 1 saturated heterocycles. The summed E-state index contributed by atoms with van der Waals surface area (Å²) in [6.07, 6.45) is 4.44. The summed E-state index contributed by atoms with van der Waals surface area (Å²) in [5.74, 6) is 0. The van der Waals surface area contributed by atoms with Gasteiger partial charge in [-0.25, -0.2) is 0 Å². The second-order valence-corrected chi connectivity index (χ2v) is 5.54. The average molecular weight is 258 g/mol. The lowest BCUT2D eigenvalue weighted by molar-refractivity contribution is -0.905. The number of nitrogens with zero attached hydrogens (tertiary/aromatic N) is 1. The Hall–Kier alpha value is -1.53. The molecule has 0 spiro atoms. The van der Waals surface area contributed by atoms with Gasteiger partial charge in [-0.1, -0.05) is 31.5 Å². The van der Waals surface area contributed by atoms with Crippen molar-refractivity contribution in [3.8, 4) is 6.07 Å². The van der Waals surface area contributed by atoms with Crippen molar-refractivity contribution in [3.63, 3.8) is 0 Å². The van der Waals surface area contributed by atoms with E-state index in [9.17, 15) is 5.26 Å². The van der Waals surface area contributed by atoms with Crippen molar-refractivity contribution < 1.29 is 4.90 Å². The van der Waals surface area contributed by atoms with Gasteiger partial charge in [-0.05, 0) is 18.6 Å². The smallest absolute Gasteiger partial charge is 0.136 e. The summed E-state index contributed by atoms with van der Waals surface area (Å²) in [6.45, 7) is 5.70. The van der Waals surface area contributed by atoms with Crippen LogP contribution in [-0.4, -0.2) is 25.2 Å². The van der Waals surface area contributed by atoms with Gasteiger partial charge in [0.2, 0.25) is 0 Å². The van der Waals surface area contributed by atoms with Crippen LogP contribution in [0.15, 0.2) is 30.3 Å². The fraction of sp³-hybridized carbons (Fsp3) is 0.562. The first-order valence-corrected chi connectivity index (χ1v) is 7.36. The Bertz CT molecular complexity index is 413. The van der Waals surface area contributed by atoms with Crippen LogP contribution in [0.2, 0.25) is 0 Å². The Morgan fingerprint density at radius 3 is 2.53 bits per heavy atom. The second-order valence-electron chi connectivity index (χ2n) is 5.54. The van der Waals surface area contributed by atoms with E-state index in [1.807, 2.05) is 30.3 Å². The minimum absolute atomic E-state index is 0.364. The topological polar surface area (TPSA) is 40.3 Å². The minimum atomic E-state index is -0.364. The van der Waals surface area contributed by atoms with Crippen molar-refractivity contribution in [2.24, 2.45) is 0 Å². The number of piperidine rings is 1. The maximum atomic E-state index is 9.54. The minimum Gasteiger partial charge on any atom is -0.367 e. The van der Waals surface area contributed by atoms with Gasteiger partial charge in [0.05, 0.1) is 25.7 Å². The standard InChI is InChI=1S/C16H23N3/c1-2-3-11-19-12-9-16(14-17,10-13-19)18-15-7-5-4-6-8-15/h4-8,18H,2-3,9-13H2,1H3/p+1. The van der Waals surface area contributed by atoms with Crippen molar-refractivity contribution in [3.05, 3.63) is 30.3 Å². The maximum absolute atomic E-state index is 9.54. The fourth-order valence-electron chi connectivity index (χ4n) is 2.77. The average Bonchev–Trinajstić information content (AvgIpc) is 2.48. The fourth-order valence-corrected chi connectivity index (χ4v) is 2.77. The third-order valence-corrected chi connectivity index (χ3v) is 4.07. The number of anilines is 1. The number of likely N-dealkylation sites (tertiary alicyclic amines) is 1. The third kappa shape index (κ3) is 3.71. The SMILES string of the molecule is CCCC[NH+]1CCC(C#N)(Nc2ccccc2)CC1. The van der Waals surface area contributed by atoms with Crippen LogP contribution < -0.4 is 10.2 Å². The summed E-state index contributed by atoms with van der Waals surface area (Å²) in [4.78, 5) is 1.66. The number of quaternary nitrogens is 1. The number of hydrogen-bond donors (Lipinski definition) is 2. The van der Waals surface area contributed by atoms with Crippen molar-refractivity contribution in [1.29, 1.82) is 5.26 Å². The van der Waals surface area contributed by atoms with Crippen LogP contribution in [0.4, 0.5) is 5.69 Å². The van der Waals surface area contributed by atoms with Crippen LogP contribution in [0.25, 0.3) is 0 Å². The summed E-state index contributed by atoms with van der Waals surface area (Å²) in [5, 5.41) is 13.0. The predicted octanol–water partition coefficient (Wildman–Crippen LogP) is 1.84. The van der Waals surface area contributed by atoms with Crippen LogP contribution >= 0.6 is 0 Å². The molecule has 3 heteroatoms. The van der Waals surface area contributed by atoms with Crippen molar-refractivity contribution in [2.45, 2.75) is 38.1 Å². The molecule has 0 unspecified atom stereocenters. The highest BCUT2D eigenvalue weighted by molar-refractivity contribution is 5.47. The first-order chi connectivity index (χ1) is 9.28. The van der Waals surface area contributed by atoms with E-state index in [-0.39, 0.29) is 5.54 Å². The molecule has 0 bridgehead atoms. The molecule has 0 atom stereocenters. The van der Waals surface area contributed by atoms with Crippen molar-refractivity contribution in [1.82, 2.24) is 0 Å². The molecule has 3 nitrogen and oxygen atoms in total. The molecule has 0 aliphatic carbocycles. The zero-order valence-corrected chi connectivity index (χ0v) is 11.8. The van der Waals surface area contributed by atoms with Gasteiger partial charge in [0.1, 0.15) is 5.54 Å². The van der Waals surface area contributed by atoms with Gasteiger partial charge >= 0.3 is 0 Å². The van der Waals surface area contributed by atoms with E-state index in [0.29, 0.717) is 0 Å². The van der Waals surface area contributed by atoms with Crippen molar-refractivity contribution >= 4 is 5.69 Å². The van der Waals surface area contributed by atoms with Crippen LogP contribution in [0.5, 0.6) is 0 Å². The van der Waals surface area contributed by atoms with Gasteiger partial charge in [-0.2, -0.15) is 5.26 Å². The highest BCUT2D eigenvalue weighted by Gasteiger charge is 2.36. The van der Waals surface area contributed by atoms with E-state index in [1.54, 1.807) is 4.90 Å². The second kappa shape index (κ2) is 6.58. The summed E-state index contributed by atoms with van der Waals surface area (Å²) >= 11 is 0. The number of nitrogens with one attached hydrogen (secondary N) is 2. The summed E-state index contributed by atoms with van der Waals surface area (Å²) in [7, 11) is 0. The molecule has 19 heavy (non-hydrogen) atoms. The molecule has 1 aromatic rings. The lowest BCUT2D eigenvalue weighted by Crippen LogP contribution is -3.13. The maximum Gasteiger partial charge on any atom is 0.136 e. The lowest BCUT2D eigenvalue weighted by atomic mass is 9.88. The first kappa shape index (κ1) is 13.9. The van der Waals surface area contributed by atoms with E-state index in [1.165, 1.54) is 19.4 Å². The molecule has 1 aromatic carbocycles. The molecular formula is C16H24N3+. The molecule has 0 amide bonds. The van der Waals surface area contributed by atoms with E-state index in [0.717, 1.165) is 31.6 Å². The van der Waals surface area contributed by atoms with Gasteiger partial charge in [-0.3, -0.25) is 0 Å². The Morgan fingerprint density at radius 2 is 1.95 bits per heavy atom. The van der Waals surface area contributed by atoms with Gasteiger partial charge < -0.3 is 10.2 Å². The molecule has 1 aliphatic rings. The van der Waals surface area contributed by atoms with E-state index >= 15 is 0 Å². The van der Waals surface area contributed by atoms with E-state index < -0.39 is 0 Å². The van der Waals surface area contributed by atoms with Crippen LogP contribution in [0.3, 0.4) is 0 Å². The van der Waals surface area contributed by atoms with Gasteiger partial charge in [0.25, 0.3) is 0 Å². The quantitative estimate of drug-likeness (QED) is 0.846. The van der Waals surface area contributed by atoms with Crippen LogP contribution in [0.1, 0.15) is 32.6 Å². The highest BCUT2D eigenvalue weighted by atomic mass is 15.2. The monoisotopic (exact) mass is 258 g/mol. The van der Waals surface area contributed by atoms with Crippen molar-refractivity contribution in [2.75, 3.05) is 25.0 Å². The molecule has 1 aliphatic heterocycles. The molecule has 0 saturated carbocycles. The van der Waals surface area contributed by atoms with Crippen LogP contribution in [-0.2, 0) is 0 Å². The number of nitriles is 1. The highest BCUT2D eigenvalue weighted by Crippen LogP contribution is 2.22. The number of unbranched alkanes of at least 4 members (excludes halogenated alkanes) is 1. The molecule has 2 rings (SSSR count). The molecule has 1 fully saturated rings. The summed E-state index contributed by atoms with van der Waals surface area (Å²) in [5.41, 5.74) is 0.693. The first-order valence-electron chi connectivity index (χ1n) is 7.36. The number of para-hydroxylation sites is 1.